The van der Waals surface area contributed by atoms with Crippen LogP contribution in [-0.2, 0) is 11.3 Å². The number of nitrogens with zero attached hydrogens (tertiary/aromatic N) is 5. The van der Waals surface area contributed by atoms with Gasteiger partial charge in [0.1, 0.15) is 18.4 Å². The van der Waals surface area contributed by atoms with Crippen molar-refractivity contribution in [1.29, 1.82) is 0 Å². The molecule has 1 aromatic heterocycles. The van der Waals surface area contributed by atoms with Crippen molar-refractivity contribution in [3.8, 4) is 0 Å². The molecule has 3 heterocycles. The molecule has 176 valence electrons. The van der Waals surface area contributed by atoms with E-state index in [2.05, 4.69) is 27.4 Å². The molecule has 0 radical (unpaired) electrons. The lowest BCUT2D eigenvalue weighted by molar-refractivity contribution is -0.129. The Hall–Kier alpha value is -3.68. The van der Waals surface area contributed by atoms with Gasteiger partial charge in [0, 0.05) is 38.6 Å². The molecule has 1 N–H and O–H groups in total. The van der Waals surface area contributed by atoms with Gasteiger partial charge in [0.2, 0.25) is 5.91 Å². The molecule has 1 aliphatic carbocycles. The highest BCUT2D eigenvalue weighted by atomic mass is 16.2. The summed E-state index contributed by atoms with van der Waals surface area (Å²) in [5.41, 5.74) is 3.74. The molecule has 1 saturated heterocycles. The van der Waals surface area contributed by atoms with Crippen LogP contribution in [0.25, 0.3) is 0 Å². The third kappa shape index (κ3) is 4.81. The SMILES string of the molecule is O=C(CN=C1NC(=O)N(CCCn2ccnc2)C1c1ccccc1)N1CCC2=C(C=CCC2)C1. The highest BCUT2D eigenvalue weighted by molar-refractivity contribution is 6.08. The minimum absolute atomic E-state index is 0.00218. The van der Waals surface area contributed by atoms with Crippen molar-refractivity contribution >= 4 is 17.8 Å². The minimum Gasteiger partial charge on any atom is -0.337 e. The van der Waals surface area contributed by atoms with Gasteiger partial charge in [-0.25, -0.2) is 9.78 Å². The van der Waals surface area contributed by atoms with Gasteiger partial charge in [0.05, 0.1) is 6.33 Å². The van der Waals surface area contributed by atoms with Crippen LogP contribution < -0.4 is 5.32 Å². The van der Waals surface area contributed by atoms with Crippen molar-refractivity contribution in [2.45, 2.75) is 38.3 Å². The number of imidazole rings is 1. The molecular formula is C26H30N6O2. The van der Waals surface area contributed by atoms with Gasteiger partial charge in [-0.05, 0) is 36.8 Å². The second-order valence-electron chi connectivity index (χ2n) is 8.93. The van der Waals surface area contributed by atoms with Crippen molar-refractivity contribution in [2.75, 3.05) is 26.2 Å². The van der Waals surface area contributed by atoms with E-state index in [0.717, 1.165) is 44.3 Å². The van der Waals surface area contributed by atoms with Crippen LogP contribution in [0.1, 0.15) is 37.3 Å². The summed E-state index contributed by atoms with van der Waals surface area (Å²) in [4.78, 5) is 38.2. The molecule has 8 heteroatoms. The Labute approximate surface area is 199 Å². The molecule has 34 heavy (non-hydrogen) atoms. The summed E-state index contributed by atoms with van der Waals surface area (Å²) in [5.74, 6) is 0.541. The average Bonchev–Trinajstić information content (AvgIpc) is 3.50. The maximum absolute atomic E-state index is 13.0. The fourth-order valence-corrected chi connectivity index (χ4v) is 4.92. The normalized spacial score (nSPS) is 21.2. The molecule has 0 spiro atoms. The number of benzene rings is 1. The lowest BCUT2D eigenvalue weighted by atomic mass is 9.92. The first-order valence-electron chi connectivity index (χ1n) is 12.0. The first-order valence-corrected chi connectivity index (χ1v) is 12.0. The smallest absolute Gasteiger partial charge is 0.323 e. The third-order valence-corrected chi connectivity index (χ3v) is 6.72. The Balaban J connectivity index is 1.28. The van der Waals surface area contributed by atoms with Gasteiger partial charge in [-0.15, -0.1) is 0 Å². The van der Waals surface area contributed by atoms with Crippen LogP contribution in [0, 0.1) is 0 Å². The number of aryl methyl sites for hydroxylation is 1. The number of urea groups is 1. The van der Waals surface area contributed by atoms with E-state index in [1.54, 1.807) is 17.4 Å². The largest absolute Gasteiger partial charge is 0.337 e. The maximum atomic E-state index is 13.0. The van der Waals surface area contributed by atoms with Crippen molar-refractivity contribution in [2.24, 2.45) is 4.99 Å². The molecule has 0 bridgehead atoms. The van der Waals surface area contributed by atoms with Gasteiger partial charge < -0.3 is 14.4 Å². The van der Waals surface area contributed by atoms with Gasteiger partial charge >= 0.3 is 6.03 Å². The van der Waals surface area contributed by atoms with Crippen LogP contribution in [0.4, 0.5) is 4.79 Å². The Morgan fingerprint density at radius 3 is 2.88 bits per heavy atom. The number of allylic oxidation sites excluding steroid dienone is 1. The predicted molar refractivity (Wildman–Crippen MR) is 130 cm³/mol. The Morgan fingerprint density at radius 1 is 1.18 bits per heavy atom. The number of aromatic nitrogens is 2. The summed E-state index contributed by atoms with van der Waals surface area (Å²) < 4.78 is 2.00. The Morgan fingerprint density at radius 2 is 2.06 bits per heavy atom. The van der Waals surface area contributed by atoms with Crippen molar-refractivity contribution in [1.82, 2.24) is 24.7 Å². The van der Waals surface area contributed by atoms with E-state index in [1.165, 1.54) is 11.1 Å². The number of hydrogen-bond acceptors (Lipinski definition) is 4. The monoisotopic (exact) mass is 458 g/mol. The topological polar surface area (TPSA) is 82.8 Å². The summed E-state index contributed by atoms with van der Waals surface area (Å²) >= 11 is 0. The number of nitrogens with one attached hydrogen (secondary N) is 1. The number of rotatable bonds is 7. The van der Waals surface area contributed by atoms with Crippen LogP contribution in [-0.4, -0.2) is 63.3 Å². The summed E-state index contributed by atoms with van der Waals surface area (Å²) in [5, 5.41) is 2.93. The van der Waals surface area contributed by atoms with Gasteiger partial charge in [0.25, 0.3) is 0 Å². The highest BCUT2D eigenvalue weighted by Crippen LogP contribution is 2.28. The number of hydrogen-bond donors (Lipinski definition) is 1. The van der Waals surface area contributed by atoms with E-state index in [0.29, 0.717) is 18.9 Å². The predicted octanol–water partition coefficient (Wildman–Crippen LogP) is 3.32. The highest BCUT2D eigenvalue weighted by Gasteiger charge is 2.37. The second kappa shape index (κ2) is 10.1. The number of aliphatic imine (C=N–C) groups is 1. The molecule has 5 rings (SSSR count). The lowest BCUT2D eigenvalue weighted by Crippen LogP contribution is -2.39. The molecule has 3 amide bonds. The fraction of sp³-hybridized carbons (Fsp3) is 0.385. The molecule has 1 atom stereocenters. The van der Waals surface area contributed by atoms with Crippen LogP contribution in [0.2, 0.25) is 0 Å². The molecule has 0 saturated carbocycles. The van der Waals surface area contributed by atoms with Gasteiger partial charge in [0.15, 0.2) is 0 Å². The number of carbonyl (C=O) groups excluding carboxylic acids is 2. The van der Waals surface area contributed by atoms with Crippen LogP contribution in [0.3, 0.4) is 0 Å². The van der Waals surface area contributed by atoms with E-state index >= 15 is 0 Å². The maximum Gasteiger partial charge on any atom is 0.323 e. The quantitative estimate of drug-likeness (QED) is 0.691. The summed E-state index contributed by atoms with van der Waals surface area (Å²) in [6.45, 7) is 2.78. The van der Waals surface area contributed by atoms with Crippen LogP contribution >= 0.6 is 0 Å². The number of amides is 3. The number of amidine groups is 1. The second-order valence-corrected chi connectivity index (χ2v) is 8.93. The Kier molecular flexibility index (Phi) is 6.56. The van der Waals surface area contributed by atoms with E-state index in [1.807, 2.05) is 46.0 Å². The third-order valence-electron chi connectivity index (χ3n) is 6.72. The van der Waals surface area contributed by atoms with Gasteiger partial charge in [-0.3, -0.25) is 15.1 Å². The average molecular weight is 459 g/mol. The van der Waals surface area contributed by atoms with E-state index in [4.69, 9.17) is 0 Å². The Bertz CT molecular complexity index is 1120. The van der Waals surface area contributed by atoms with Crippen LogP contribution in [0.15, 0.2) is 77.3 Å². The molecule has 1 fully saturated rings. The number of carbonyl (C=O) groups is 2. The van der Waals surface area contributed by atoms with Crippen molar-refractivity contribution in [3.63, 3.8) is 0 Å². The molecule has 2 aromatic rings. The lowest BCUT2D eigenvalue weighted by Gasteiger charge is -2.31. The summed E-state index contributed by atoms with van der Waals surface area (Å²) in [6.07, 6.45) is 13.7. The van der Waals surface area contributed by atoms with Crippen molar-refractivity contribution < 1.29 is 9.59 Å². The summed E-state index contributed by atoms with van der Waals surface area (Å²) in [7, 11) is 0. The minimum atomic E-state index is -0.318. The van der Waals surface area contributed by atoms with E-state index < -0.39 is 0 Å². The molecule has 3 aliphatic rings. The fourth-order valence-electron chi connectivity index (χ4n) is 4.92. The molecule has 8 nitrogen and oxygen atoms in total. The van der Waals surface area contributed by atoms with E-state index in [-0.39, 0.29) is 24.5 Å². The van der Waals surface area contributed by atoms with Gasteiger partial charge in [-0.1, -0.05) is 48.1 Å². The zero-order valence-electron chi connectivity index (χ0n) is 19.3. The van der Waals surface area contributed by atoms with E-state index in [9.17, 15) is 9.59 Å². The standard InChI is InChI=1S/C26H30N6O2/c33-23(31-15-11-20-7-4-5-10-22(20)18-31)17-28-25-24(21-8-2-1-3-9-21)32(26(34)29-25)14-6-13-30-16-12-27-19-30/h1-3,5,8-10,12,16,19,24H,4,6-7,11,13-15,17-18H2,(H,28,29,34). The molecular weight excluding hydrogens is 428 g/mol. The zero-order chi connectivity index (χ0) is 23.3. The molecule has 1 aromatic carbocycles. The van der Waals surface area contributed by atoms with Crippen LogP contribution in [0.5, 0.6) is 0 Å². The molecule has 2 aliphatic heterocycles. The van der Waals surface area contributed by atoms with Crippen molar-refractivity contribution in [3.05, 3.63) is 77.9 Å². The zero-order valence-corrected chi connectivity index (χ0v) is 19.3. The summed E-state index contributed by atoms with van der Waals surface area (Å²) in [6, 6.07) is 9.38. The first kappa shape index (κ1) is 22.1. The molecule has 1 unspecified atom stereocenters. The van der Waals surface area contributed by atoms with Gasteiger partial charge in [-0.2, -0.15) is 0 Å². The first-order chi connectivity index (χ1) is 16.7.